The van der Waals surface area contributed by atoms with Gasteiger partial charge in [0.25, 0.3) is 0 Å². The molecule has 12 heteroatoms. The molecule has 0 bridgehead atoms. The van der Waals surface area contributed by atoms with E-state index in [9.17, 15) is 18.4 Å². The van der Waals surface area contributed by atoms with Crippen LogP contribution in [-0.2, 0) is 9.47 Å². The Bertz CT molecular complexity index is 1040. The zero-order chi connectivity index (χ0) is 25.8. The van der Waals surface area contributed by atoms with Crippen molar-refractivity contribution >= 4 is 12.1 Å². The summed E-state index contributed by atoms with van der Waals surface area (Å²) >= 11 is 0. The largest absolute Gasteiger partial charge is 0.481 e. The van der Waals surface area contributed by atoms with Gasteiger partial charge in [-0.05, 0) is 39.8 Å². The van der Waals surface area contributed by atoms with Gasteiger partial charge < -0.3 is 33.4 Å². The van der Waals surface area contributed by atoms with Crippen LogP contribution in [0.2, 0.25) is 0 Å². The predicted molar refractivity (Wildman–Crippen MR) is 117 cm³/mol. The number of hydrogen-bond acceptors (Lipinski definition) is 9. The summed E-state index contributed by atoms with van der Waals surface area (Å²) in [6.45, 7) is 5.58. The highest BCUT2D eigenvalue weighted by Crippen LogP contribution is 2.44. The van der Waals surface area contributed by atoms with Gasteiger partial charge in [-0.3, -0.25) is 0 Å². The van der Waals surface area contributed by atoms with Crippen molar-refractivity contribution < 1.29 is 46.5 Å². The average molecular weight is 498 g/mol. The van der Waals surface area contributed by atoms with E-state index in [-0.39, 0.29) is 35.3 Å². The molecule has 192 valence electrons. The first kappa shape index (κ1) is 26.2. The van der Waals surface area contributed by atoms with E-state index in [2.05, 4.69) is 10.3 Å². The highest BCUT2D eigenvalue weighted by Gasteiger charge is 2.30. The SMILES string of the molecule is Cc1nc(C(=O)Oc2ccc([C@H](C)NC(=O)OC(C)(C)C)c(OC(F)F)c2OC2CCOC2)co1. The lowest BCUT2D eigenvalue weighted by atomic mass is 10.1. The van der Waals surface area contributed by atoms with E-state index in [0.29, 0.717) is 13.0 Å². The van der Waals surface area contributed by atoms with E-state index < -0.39 is 42.2 Å². The van der Waals surface area contributed by atoms with Crippen molar-refractivity contribution in [3.63, 3.8) is 0 Å². The highest BCUT2D eigenvalue weighted by molar-refractivity contribution is 5.89. The van der Waals surface area contributed by atoms with Crippen molar-refractivity contribution in [2.75, 3.05) is 13.2 Å². The molecule has 0 radical (unpaired) electrons. The fraction of sp³-hybridized carbons (Fsp3) is 0.522. The first-order chi connectivity index (χ1) is 16.4. The van der Waals surface area contributed by atoms with Crippen LogP contribution >= 0.6 is 0 Å². The van der Waals surface area contributed by atoms with Crippen molar-refractivity contribution in [3.05, 3.63) is 35.5 Å². The molecule has 2 atom stereocenters. The molecule has 1 amide bonds. The number of hydrogen-bond donors (Lipinski definition) is 1. The number of nitrogens with zero attached hydrogens (tertiary/aromatic N) is 1. The quantitative estimate of drug-likeness (QED) is 0.413. The third kappa shape index (κ3) is 7.28. The average Bonchev–Trinajstić information content (AvgIpc) is 3.40. The number of oxazole rings is 1. The fourth-order valence-electron chi connectivity index (χ4n) is 3.25. The van der Waals surface area contributed by atoms with Gasteiger partial charge in [0.15, 0.2) is 23.1 Å². The monoisotopic (exact) mass is 498 g/mol. The third-order valence-electron chi connectivity index (χ3n) is 4.72. The van der Waals surface area contributed by atoms with Crippen LogP contribution in [0.4, 0.5) is 13.6 Å². The molecule has 2 heterocycles. The summed E-state index contributed by atoms with van der Waals surface area (Å²) in [6.07, 6.45) is 0.350. The third-order valence-corrected chi connectivity index (χ3v) is 4.72. The number of aromatic nitrogens is 1. The molecule has 1 unspecified atom stereocenters. The number of ether oxygens (including phenoxy) is 5. The zero-order valence-electron chi connectivity index (χ0n) is 20.1. The smallest absolute Gasteiger partial charge is 0.408 e. The van der Waals surface area contributed by atoms with E-state index in [0.717, 1.165) is 6.26 Å². The molecule has 1 aromatic heterocycles. The van der Waals surface area contributed by atoms with E-state index in [4.69, 9.17) is 28.1 Å². The molecule has 1 aromatic carbocycles. The molecule has 0 aliphatic carbocycles. The molecule has 1 fully saturated rings. The Hall–Kier alpha value is -3.41. The second-order valence-corrected chi connectivity index (χ2v) is 8.80. The van der Waals surface area contributed by atoms with Crippen molar-refractivity contribution in [2.24, 2.45) is 0 Å². The number of alkyl halides is 2. The second-order valence-electron chi connectivity index (χ2n) is 8.80. The number of nitrogens with one attached hydrogen (secondary N) is 1. The Kier molecular flexibility index (Phi) is 8.15. The van der Waals surface area contributed by atoms with Crippen LogP contribution in [-0.4, -0.2) is 48.6 Å². The molecule has 3 rings (SSSR count). The minimum Gasteiger partial charge on any atom is -0.481 e. The highest BCUT2D eigenvalue weighted by atomic mass is 19.3. The summed E-state index contributed by atoms with van der Waals surface area (Å²) in [5, 5.41) is 2.58. The van der Waals surface area contributed by atoms with E-state index in [1.807, 2.05) is 0 Å². The van der Waals surface area contributed by atoms with E-state index >= 15 is 0 Å². The summed E-state index contributed by atoms with van der Waals surface area (Å²) in [7, 11) is 0. The van der Waals surface area contributed by atoms with Gasteiger partial charge in [-0.25, -0.2) is 14.6 Å². The van der Waals surface area contributed by atoms with Gasteiger partial charge in [-0.2, -0.15) is 8.78 Å². The van der Waals surface area contributed by atoms with Crippen LogP contribution in [0.3, 0.4) is 0 Å². The summed E-state index contributed by atoms with van der Waals surface area (Å²) in [4.78, 5) is 28.7. The number of rotatable bonds is 8. The van der Waals surface area contributed by atoms with Crippen LogP contribution in [0.1, 0.15) is 62.1 Å². The number of benzene rings is 1. The number of carbonyl (C=O) groups excluding carboxylic acids is 2. The van der Waals surface area contributed by atoms with Crippen LogP contribution in [0.15, 0.2) is 22.8 Å². The van der Waals surface area contributed by atoms with Gasteiger partial charge in [0.05, 0.1) is 19.3 Å². The lowest BCUT2D eigenvalue weighted by Crippen LogP contribution is -2.34. The van der Waals surface area contributed by atoms with E-state index in [1.165, 1.54) is 12.1 Å². The van der Waals surface area contributed by atoms with Gasteiger partial charge in [0.1, 0.15) is 18.0 Å². The number of carbonyl (C=O) groups is 2. The normalized spacial score (nSPS) is 16.6. The van der Waals surface area contributed by atoms with Crippen LogP contribution in [0, 0.1) is 6.92 Å². The van der Waals surface area contributed by atoms with E-state index in [1.54, 1.807) is 34.6 Å². The number of esters is 1. The van der Waals surface area contributed by atoms with Crippen LogP contribution in [0.25, 0.3) is 0 Å². The summed E-state index contributed by atoms with van der Waals surface area (Å²) in [5.41, 5.74) is -0.722. The Morgan fingerprint density at radius 2 is 1.97 bits per heavy atom. The van der Waals surface area contributed by atoms with Gasteiger partial charge in [0.2, 0.25) is 5.75 Å². The number of halogens is 2. The maximum absolute atomic E-state index is 13.5. The molecule has 1 aliphatic rings. The second kappa shape index (κ2) is 10.9. The first-order valence-corrected chi connectivity index (χ1v) is 10.9. The fourth-order valence-corrected chi connectivity index (χ4v) is 3.25. The molecule has 0 spiro atoms. The molecule has 10 nitrogen and oxygen atoms in total. The standard InChI is InChI=1S/C23H28F2N2O8/c1-12(26-22(29)35-23(3,4)5)15-6-7-17(33-20(28)16-11-31-13(2)27-16)19(18(15)34-21(24)25)32-14-8-9-30-10-14/h6-7,11-12,14,21H,8-10H2,1-5H3,(H,26,29)/t12-,14?/m0/s1. The number of amides is 1. The zero-order valence-corrected chi connectivity index (χ0v) is 20.1. The van der Waals surface area contributed by atoms with Crippen molar-refractivity contribution in [1.82, 2.24) is 10.3 Å². The van der Waals surface area contributed by atoms with Gasteiger partial charge in [-0.1, -0.05) is 0 Å². The Morgan fingerprint density at radius 1 is 1.23 bits per heavy atom. The minimum atomic E-state index is -3.23. The van der Waals surface area contributed by atoms with Crippen molar-refractivity contribution in [1.29, 1.82) is 0 Å². The van der Waals surface area contributed by atoms with Crippen LogP contribution in [0.5, 0.6) is 17.2 Å². The van der Waals surface area contributed by atoms with Crippen molar-refractivity contribution in [3.8, 4) is 17.2 Å². The maximum atomic E-state index is 13.5. The predicted octanol–water partition coefficient (Wildman–Crippen LogP) is 4.56. The lowest BCUT2D eigenvalue weighted by Gasteiger charge is -2.25. The first-order valence-electron chi connectivity index (χ1n) is 10.9. The summed E-state index contributed by atoms with van der Waals surface area (Å²) in [6, 6.07) is 1.91. The van der Waals surface area contributed by atoms with Crippen molar-refractivity contribution in [2.45, 2.75) is 65.4 Å². The molecule has 1 saturated heterocycles. The molecule has 1 N–H and O–H groups in total. The molecule has 0 saturated carbocycles. The minimum absolute atomic E-state index is 0.113. The summed E-state index contributed by atoms with van der Waals surface area (Å²) < 4.78 is 58.6. The Balaban J connectivity index is 1.98. The Morgan fingerprint density at radius 3 is 2.54 bits per heavy atom. The molecule has 2 aromatic rings. The lowest BCUT2D eigenvalue weighted by molar-refractivity contribution is -0.0530. The molecular formula is C23H28F2N2O8. The number of aryl methyl sites for hydroxylation is 1. The van der Waals surface area contributed by atoms with Gasteiger partial charge >= 0.3 is 18.7 Å². The van der Waals surface area contributed by atoms with Gasteiger partial charge in [-0.15, -0.1) is 0 Å². The maximum Gasteiger partial charge on any atom is 0.408 e. The van der Waals surface area contributed by atoms with Gasteiger partial charge in [0, 0.05) is 18.9 Å². The summed E-state index contributed by atoms with van der Waals surface area (Å²) in [5.74, 6) is -1.44. The molecular weight excluding hydrogens is 470 g/mol. The topological polar surface area (TPSA) is 118 Å². The molecule has 1 aliphatic heterocycles. The van der Waals surface area contributed by atoms with Crippen LogP contribution < -0.4 is 19.5 Å². The molecule has 35 heavy (non-hydrogen) atoms. The Labute approximate surface area is 200 Å². The number of alkyl carbamates (subject to hydrolysis) is 1.